The number of rotatable bonds is 9. The lowest BCUT2D eigenvalue weighted by Crippen LogP contribution is -2.41. The van der Waals surface area contributed by atoms with E-state index < -0.39 is 11.8 Å². The van der Waals surface area contributed by atoms with Crippen molar-refractivity contribution in [2.45, 2.75) is 69.7 Å². The van der Waals surface area contributed by atoms with Gasteiger partial charge in [-0.05, 0) is 80.5 Å². The number of nitriles is 1. The van der Waals surface area contributed by atoms with Crippen molar-refractivity contribution in [3.05, 3.63) is 93.0 Å². The molecule has 5 atom stereocenters. The van der Waals surface area contributed by atoms with Gasteiger partial charge in [-0.2, -0.15) is 5.26 Å². The van der Waals surface area contributed by atoms with Gasteiger partial charge in [0.15, 0.2) is 5.82 Å². The van der Waals surface area contributed by atoms with Crippen molar-refractivity contribution in [1.82, 2.24) is 19.8 Å². The number of pyridine rings is 1. The molecule has 5 fully saturated rings. The predicted molar refractivity (Wildman–Crippen MR) is 204 cm³/mol. The first-order valence-corrected chi connectivity index (χ1v) is 19.3. The molecular weight excluding hydrogens is 728 g/mol. The number of hydrogen-bond donors (Lipinski definition) is 1. The molecule has 5 heterocycles. The van der Waals surface area contributed by atoms with Crippen LogP contribution in [0, 0.1) is 35.9 Å². The maximum Gasteiger partial charge on any atom is 0.337 e. The van der Waals surface area contributed by atoms with Crippen LogP contribution < -0.4 is 10.1 Å². The Labute approximate surface area is 321 Å². The second-order valence-corrected chi connectivity index (χ2v) is 15.8. The van der Waals surface area contributed by atoms with Gasteiger partial charge in [0.05, 0.1) is 52.9 Å². The average Bonchev–Trinajstić information content (AvgIpc) is 3.45. The molecule has 0 spiro atoms. The van der Waals surface area contributed by atoms with Crippen molar-refractivity contribution in [3.63, 3.8) is 0 Å². The smallest absolute Gasteiger partial charge is 0.337 e. The Balaban J connectivity index is 1.23. The van der Waals surface area contributed by atoms with E-state index >= 15 is 4.39 Å². The molecule has 12 heteroatoms. The number of methoxy groups -OCH3 is 1. The lowest BCUT2D eigenvalue weighted by atomic mass is 9.79. The van der Waals surface area contributed by atoms with Gasteiger partial charge in [0.1, 0.15) is 17.4 Å². The molecule has 2 bridgehead atoms. The van der Waals surface area contributed by atoms with Crippen molar-refractivity contribution in [1.29, 1.82) is 5.26 Å². The summed E-state index contributed by atoms with van der Waals surface area (Å²) in [5, 5.41) is 15.4. The molecule has 2 aliphatic carbocycles. The van der Waals surface area contributed by atoms with Crippen molar-refractivity contribution in [2.75, 3.05) is 20.2 Å². The van der Waals surface area contributed by atoms with Crippen LogP contribution in [0.5, 0.6) is 5.75 Å². The van der Waals surface area contributed by atoms with Crippen LogP contribution in [0.4, 0.5) is 4.39 Å². The fourth-order valence-corrected chi connectivity index (χ4v) is 9.47. The molecule has 5 aliphatic rings. The zero-order chi connectivity index (χ0) is 37.4. The number of aromatic nitrogens is 2. The minimum absolute atomic E-state index is 0.00830. The SMILES string of the molecule is COC(=O)c1cccc(O[C@H]2C[C@H](c3cc4c(C)nc5c(F)c(-c6cccc(Cl)c6Cl)c(CCC#N)cc5c4n3[C@H]3[C@H]4CN[C@@H]3C4)N(C(=O)C3CC3)C2)c1. The summed E-state index contributed by atoms with van der Waals surface area (Å²) in [5.74, 6) is 0.0653. The van der Waals surface area contributed by atoms with Gasteiger partial charge >= 0.3 is 5.97 Å². The van der Waals surface area contributed by atoms with Crippen LogP contribution in [0.1, 0.15) is 71.5 Å². The molecule has 2 aromatic heterocycles. The highest BCUT2D eigenvalue weighted by Crippen LogP contribution is 2.51. The normalized spacial score (nSPS) is 23.1. The topological polar surface area (TPSA) is 109 Å². The van der Waals surface area contributed by atoms with Gasteiger partial charge in [0.25, 0.3) is 0 Å². The lowest BCUT2D eigenvalue weighted by Gasteiger charge is -2.39. The highest BCUT2D eigenvalue weighted by Gasteiger charge is 2.51. The van der Waals surface area contributed by atoms with Crippen LogP contribution in [0.15, 0.2) is 54.6 Å². The highest BCUT2D eigenvalue weighted by molar-refractivity contribution is 6.43. The third-order valence-corrected chi connectivity index (χ3v) is 12.6. The van der Waals surface area contributed by atoms with Crippen LogP contribution in [-0.4, -0.2) is 58.7 Å². The molecule has 1 N–H and O–H groups in total. The van der Waals surface area contributed by atoms with E-state index in [2.05, 4.69) is 22.0 Å². The number of aryl methyl sites for hydroxylation is 2. The third-order valence-electron chi connectivity index (χ3n) is 11.8. The Bertz CT molecular complexity index is 2410. The number of halogens is 3. The molecule has 54 heavy (non-hydrogen) atoms. The Morgan fingerprint density at radius 1 is 1.09 bits per heavy atom. The standard InChI is InChI=1S/C42H38Cl2FN5O4/c1-21-29-18-34(33-17-27(20-49(33)41(51)22-11-12-22)54-26-8-3-6-24(14-26)42(52)53-2)50(39-25-16-32(39)47-19-25)40(29)30-15-23(7-5-13-46)35(37(45)38(30)48-21)28-9-4-10-31(43)36(28)44/h3-4,6,8-10,14-15,18,22,25,27,32-33,39,47H,5,7,11-12,16-17,19-20H2,1-2H3/t25-,27+,32-,33-,39+/m1/s1. The van der Waals surface area contributed by atoms with E-state index in [4.69, 9.17) is 37.7 Å². The van der Waals surface area contributed by atoms with E-state index in [0.717, 1.165) is 42.4 Å². The maximum atomic E-state index is 17.2. The highest BCUT2D eigenvalue weighted by atomic mass is 35.5. The van der Waals surface area contributed by atoms with Crippen molar-refractivity contribution < 1.29 is 23.5 Å². The lowest BCUT2D eigenvalue weighted by molar-refractivity contribution is -0.133. The molecule has 276 valence electrons. The second kappa shape index (κ2) is 13.6. The first-order chi connectivity index (χ1) is 26.2. The molecule has 5 aromatic rings. The fraction of sp³-hybridized carbons (Fsp3) is 0.381. The van der Waals surface area contributed by atoms with Gasteiger partial charge in [-0.1, -0.05) is 41.4 Å². The molecule has 3 saturated heterocycles. The Hall–Kier alpha value is -4.69. The number of esters is 1. The molecule has 9 nitrogen and oxygen atoms in total. The molecule has 2 saturated carbocycles. The number of nitrogens with one attached hydrogen (secondary N) is 1. The van der Waals surface area contributed by atoms with E-state index in [9.17, 15) is 14.9 Å². The number of ether oxygens (including phenoxy) is 2. The molecule has 3 aliphatic heterocycles. The largest absolute Gasteiger partial charge is 0.488 e. The predicted octanol–water partition coefficient (Wildman–Crippen LogP) is 8.52. The number of carbonyl (C=O) groups excluding carboxylic acids is 2. The molecule has 0 radical (unpaired) electrons. The zero-order valence-electron chi connectivity index (χ0n) is 29.9. The summed E-state index contributed by atoms with van der Waals surface area (Å²) in [7, 11) is 1.34. The van der Waals surface area contributed by atoms with E-state index in [1.807, 2.05) is 24.0 Å². The van der Waals surface area contributed by atoms with Gasteiger partial charge in [-0.3, -0.25) is 4.79 Å². The summed E-state index contributed by atoms with van der Waals surface area (Å²) in [6, 6.07) is 18.5. The van der Waals surface area contributed by atoms with E-state index in [1.54, 1.807) is 36.4 Å². The van der Waals surface area contributed by atoms with Gasteiger partial charge in [-0.25, -0.2) is 14.2 Å². The minimum Gasteiger partial charge on any atom is -0.488 e. The van der Waals surface area contributed by atoms with E-state index in [0.29, 0.717) is 69.4 Å². The summed E-state index contributed by atoms with van der Waals surface area (Å²) in [4.78, 5) is 33.2. The number of fused-ring (bicyclic) bond motifs is 4. The third kappa shape index (κ3) is 5.71. The van der Waals surface area contributed by atoms with Crippen LogP contribution in [0.2, 0.25) is 10.0 Å². The maximum absolute atomic E-state index is 17.2. The summed E-state index contributed by atoms with van der Waals surface area (Å²) < 4.78 is 31.0. The number of amides is 1. The molecule has 0 unspecified atom stereocenters. The monoisotopic (exact) mass is 765 g/mol. The van der Waals surface area contributed by atoms with Crippen LogP contribution in [-0.2, 0) is 16.0 Å². The van der Waals surface area contributed by atoms with Crippen molar-refractivity contribution in [3.8, 4) is 22.9 Å². The number of likely N-dealkylation sites (tertiary alicyclic amines) is 1. The first-order valence-electron chi connectivity index (χ1n) is 18.5. The number of hydrogen-bond acceptors (Lipinski definition) is 7. The van der Waals surface area contributed by atoms with E-state index in [-0.39, 0.29) is 53.0 Å². The average molecular weight is 767 g/mol. The minimum atomic E-state index is -0.507. The fourth-order valence-electron chi connectivity index (χ4n) is 9.08. The molecular formula is C42H38Cl2FN5O4. The number of carbonyl (C=O) groups is 2. The molecule has 3 aromatic carbocycles. The van der Waals surface area contributed by atoms with Gasteiger partial charge in [-0.15, -0.1) is 0 Å². The first kappa shape index (κ1) is 35.0. The van der Waals surface area contributed by atoms with Crippen LogP contribution in [0.3, 0.4) is 0 Å². The van der Waals surface area contributed by atoms with Crippen molar-refractivity contribution >= 4 is 56.9 Å². The summed E-state index contributed by atoms with van der Waals surface area (Å²) in [5.41, 5.74) is 4.55. The van der Waals surface area contributed by atoms with Gasteiger partial charge < -0.3 is 24.3 Å². The summed E-state index contributed by atoms with van der Waals surface area (Å²) in [6.45, 7) is 3.18. The summed E-state index contributed by atoms with van der Waals surface area (Å²) in [6.07, 6.45) is 3.48. The quantitative estimate of drug-likeness (QED) is 0.150. The van der Waals surface area contributed by atoms with Gasteiger partial charge in [0, 0.05) is 64.6 Å². The second-order valence-electron chi connectivity index (χ2n) is 15.1. The Morgan fingerprint density at radius 2 is 1.91 bits per heavy atom. The Morgan fingerprint density at radius 3 is 2.63 bits per heavy atom. The number of benzene rings is 3. The number of nitrogens with zero attached hydrogens (tertiary/aromatic N) is 4. The van der Waals surface area contributed by atoms with Crippen molar-refractivity contribution in [2.24, 2.45) is 11.8 Å². The van der Waals surface area contributed by atoms with Gasteiger partial charge in [0.2, 0.25) is 5.91 Å². The summed E-state index contributed by atoms with van der Waals surface area (Å²) >= 11 is 13.1. The van der Waals surface area contributed by atoms with Crippen LogP contribution >= 0.6 is 23.2 Å². The zero-order valence-corrected chi connectivity index (χ0v) is 31.4. The molecule has 10 rings (SSSR count). The van der Waals surface area contributed by atoms with Crippen LogP contribution in [0.25, 0.3) is 32.9 Å². The van der Waals surface area contributed by atoms with E-state index in [1.165, 1.54) is 7.11 Å². The Kier molecular flexibility index (Phi) is 8.80. The molecule has 1 amide bonds.